The molecule has 1 heterocycles. The number of hydrazine groups is 2. The van der Waals surface area contributed by atoms with E-state index in [9.17, 15) is 4.79 Å². The highest BCUT2D eigenvalue weighted by Gasteiger charge is 2.27. The van der Waals surface area contributed by atoms with Crippen LogP contribution in [0, 0.1) is 0 Å². The summed E-state index contributed by atoms with van der Waals surface area (Å²) in [5, 5.41) is 1.66. The molecule has 0 saturated carbocycles. The first-order valence-electron chi connectivity index (χ1n) is 6.89. The van der Waals surface area contributed by atoms with E-state index in [-0.39, 0.29) is 12.1 Å². The number of amides is 1. The van der Waals surface area contributed by atoms with Crippen LogP contribution in [-0.2, 0) is 0 Å². The van der Waals surface area contributed by atoms with Gasteiger partial charge in [-0.3, -0.25) is 15.2 Å². The molecule has 2 rings (SSSR count). The molecule has 1 amide bonds. The third-order valence-corrected chi connectivity index (χ3v) is 3.46. The zero-order valence-electron chi connectivity index (χ0n) is 11.6. The van der Waals surface area contributed by atoms with E-state index in [0.29, 0.717) is 5.56 Å². The van der Waals surface area contributed by atoms with Gasteiger partial charge in [-0.05, 0) is 37.8 Å². The first-order valence-corrected chi connectivity index (χ1v) is 7.29. The molecule has 0 spiro atoms. The van der Waals surface area contributed by atoms with Gasteiger partial charge >= 0.3 is 0 Å². The number of hydrogen-bond acceptors (Lipinski definition) is 5. The number of carbonyl (C=O) groups is 1. The number of benzene rings is 1. The van der Waals surface area contributed by atoms with E-state index in [1.165, 1.54) is 10.8 Å². The Morgan fingerprint density at radius 1 is 1.35 bits per heavy atom. The third kappa shape index (κ3) is 3.74. The minimum absolute atomic E-state index is 0.0771. The maximum Gasteiger partial charge on any atom is 0.267 e. The molecule has 1 unspecified atom stereocenters. The molecule has 108 valence electrons. The fraction of sp³-hybridized carbons (Fsp3) is 0.429. The van der Waals surface area contributed by atoms with Gasteiger partial charge in [-0.2, -0.15) is 0 Å². The Morgan fingerprint density at radius 2 is 2.10 bits per heavy atom. The quantitative estimate of drug-likeness (QED) is 0.626. The molecule has 1 N–H and O–H groups in total. The van der Waals surface area contributed by atoms with Crippen molar-refractivity contribution in [2.75, 3.05) is 0 Å². The second-order valence-electron chi connectivity index (χ2n) is 4.71. The Morgan fingerprint density at radius 3 is 2.80 bits per heavy atom. The van der Waals surface area contributed by atoms with Crippen molar-refractivity contribution in [3.63, 3.8) is 0 Å². The fourth-order valence-corrected chi connectivity index (χ4v) is 2.27. The number of carbonyl (C=O) groups excluding carboxylic acids is 1. The van der Waals surface area contributed by atoms with Crippen LogP contribution in [0.5, 0.6) is 0 Å². The summed E-state index contributed by atoms with van der Waals surface area (Å²) in [6.07, 6.45) is 5.85. The number of unbranched alkanes of at least 4 members (excludes halogenated alkanes) is 2. The summed E-state index contributed by atoms with van der Waals surface area (Å²) < 4.78 is 1.51. The molecular formula is C14H20N4OS. The number of thiol groups is 1. The fourth-order valence-electron chi connectivity index (χ4n) is 2.05. The average molecular weight is 292 g/mol. The largest absolute Gasteiger partial charge is 0.268 e. The topological polar surface area (TPSA) is 47.9 Å². The minimum Gasteiger partial charge on any atom is -0.268 e. The Labute approximate surface area is 125 Å². The highest BCUT2D eigenvalue weighted by molar-refractivity contribution is 7.78. The molecule has 0 aromatic heterocycles. The molecule has 1 aliphatic heterocycles. The van der Waals surface area contributed by atoms with Gasteiger partial charge in [-0.15, -0.1) is 0 Å². The van der Waals surface area contributed by atoms with Gasteiger partial charge in [0.15, 0.2) is 0 Å². The van der Waals surface area contributed by atoms with Crippen molar-refractivity contribution in [1.82, 2.24) is 15.0 Å². The number of aliphatic imine (C=N–C) groups is 1. The van der Waals surface area contributed by atoms with E-state index in [2.05, 4.69) is 30.2 Å². The Bertz CT molecular complexity index is 466. The van der Waals surface area contributed by atoms with Gasteiger partial charge in [-0.25, -0.2) is 4.41 Å². The smallest absolute Gasteiger partial charge is 0.267 e. The molecule has 0 radical (unpaired) electrons. The summed E-state index contributed by atoms with van der Waals surface area (Å²) in [6.45, 7) is 2.16. The van der Waals surface area contributed by atoms with Gasteiger partial charge in [0.1, 0.15) is 12.5 Å². The molecule has 20 heavy (non-hydrogen) atoms. The monoisotopic (exact) mass is 292 g/mol. The van der Waals surface area contributed by atoms with E-state index in [1.54, 1.807) is 23.6 Å². The van der Waals surface area contributed by atoms with Crippen molar-refractivity contribution in [2.24, 2.45) is 4.99 Å². The maximum atomic E-state index is 12.2. The van der Waals surface area contributed by atoms with Crippen LogP contribution >= 0.6 is 12.8 Å². The Hall–Kier alpha value is -1.53. The molecule has 1 atom stereocenters. The van der Waals surface area contributed by atoms with Crippen LogP contribution in [0.4, 0.5) is 0 Å². The Balaban J connectivity index is 1.94. The highest BCUT2D eigenvalue weighted by atomic mass is 32.1. The summed E-state index contributed by atoms with van der Waals surface area (Å²) in [6, 6.07) is 9.12. The molecular weight excluding hydrogens is 272 g/mol. The second-order valence-corrected chi connectivity index (χ2v) is 5.12. The summed E-state index contributed by atoms with van der Waals surface area (Å²) in [4.78, 5) is 16.5. The molecule has 0 bridgehead atoms. The molecule has 1 aromatic rings. The van der Waals surface area contributed by atoms with E-state index >= 15 is 0 Å². The van der Waals surface area contributed by atoms with Gasteiger partial charge in [0, 0.05) is 5.56 Å². The lowest BCUT2D eigenvalue weighted by atomic mass is 10.2. The van der Waals surface area contributed by atoms with E-state index < -0.39 is 0 Å². The summed E-state index contributed by atoms with van der Waals surface area (Å²) in [7, 11) is 0. The number of nitrogens with one attached hydrogen (secondary N) is 1. The second kappa shape index (κ2) is 7.31. The molecule has 0 saturated heterocycles. The molecule has 0 aliphatic carbocycles. The third-order valence-electron chi connectivity index (χ3n) is 3.16. The van der Waals surface area contributed by atoms with Gasteiger partial charge in [0.25, 0.3) is 5.91 Å². The van der Waals surface area contributed by atoms with Crippen molar-refractivity contribution in [2.45, 2.75) is 38.8 Å². The van der Waals surface area contributed by atoms with Crippen molar-refractivity contribution >= 4 is 25.1 Å². The van der Waals surface area contributed by atoms with Crippen LogP contribution in [0.2, 0.25) is 0 Å². The van der Waals surface area contributed by atoms with Gasteiger partial charge in [0.2, 0.25) is 0 Å². The van der Waals surface area contributed by atoms with Gasteiger partial charge in [-0.1, -0.05) is 43.1 Å². The zero-order chi connectivity index (χ0) is 14.4. The average Bonchev–Trinajstić information content (AvgIpc) is 2.81. The van der Waals surface area contributed by atoms with Crippen LogP contribution in [0.25, 0.3) is 0 Å². The lowest BCUT2D eigenvalue weighted by Crippen LogP contribution is -2.50. The maximum absolute atomic E-state index is 12.2. The van der Waals surface area contributed by atoms with Crippen LogP contribution < -0.4 is 5.43 Å². The van der Waals surface area contributed by atoms with Gasteiger partial charge < -0.3 is 0 Å². The first kappa shape index (κ1) is 14.9. The number of hydrogen-bond donors (Lipinski definition) is 2. The van der Waals surface area contributed by atoms with Gasteiger partial charge in [0.05, 0.1) is 0 Å². The van der Waals surface area contributed by atoms with Crippen LogP contribution in [0.1, 0.15) is 43.0 Å². The Kier molecular flexibility index (Phi) is 5.43. The highest BCUT2D eigenvalue weighted by Crippen LogP contribution is 2.17. The summed E-state index contributed by atoms with van der Waals surface area (Å²) >= 11 is 4.27. The molecule has 1 aromatic carbocycles. The SMILES string of the molecule is CCCCCC1N=CN(S)N1NC(=O)c1ccccc1. The van der Waals surface area contributed by atoms with Crippen molar-refractivity contribution in [3.8, 4) is 0 Å². The molecule has 6 heteroatoms. The summed E-state index contributed by atoms with van der Waals surface area (Å²) in [5.41, 5.74) is 3.46. The van der Waals surface area contributed by atoms with Crippen molar-refractivity contribution in [1.29, 1.82) is 0 Å². The first-order chi connectivity index (χ1) is 9.72. The minimum atomic E-state index is -0.157. The van der Waals surface area contributed by atoms with E-state index in [0.717, 1.165) is 19.3 Å². The van der Waals surface area contributed by atoms with Crippen LogP contribution in [-0.4, -0.2) is 27.9 Å². The van der Waals surface area contributed by atoms with Crippen molar-refractivity contribution in [3.05, 3.63) is 35.9 Å². The van der Waals surface area contributed by atoms with Crippen LogP contribution in [0.3, 0.4) is 0 Å². The molecule has 1 aliphatic rings. The summed E-state index contributed by atoms with van der Waals surface area (Å²) in [5.74, 6) is -0.157. The van der Waals surface area contributed by atoms with E-state index in [1.807, 2.05) is 18.2 Å². The predicted molar refractivity (Wildman–Crippen MR) is 83.0 cm³/mol. The predicted octanol–water partition coefficient (Wildman–Crippen LogP) is 2.64. The lowest BCUT2D eigenvalue weighted by Gasteiger charge is -2.27. The molecule has 5 nitrogen and oxygen atoms in total. The standard InChI is InChI=1S/C14H20N4OS/c1-2-3-5-10-13-15-11-17(20)18(13)16-14(19)12-8-6-4-7-9-12/h4,6-9,11,13,20H,2-3,5,10H2,1H3,(H,16,19). The van der Waals surface area contributed by atoms with E-state index in [4.69, 9.17) is 0 Å². The normalized spacial score (nSPS) is 18.5. The lowest BCUT2D eigenvalue weighted by molar-refractivity contribution is 0.0307. The van der Waals surface area contributed by atoms with Crippen molar-refractivity contribution < 1.29 is 4.79 Å². The zero-order valence-corrected chi connectivity index (χ0v) is 12.5. The number of rotatable bonds is 6. The van der Waals surface area contributed by atoms with Crippen LogP contribution in [0.15, 0.2) is 35.3 Å². The molecule has 0 fully saturated rings. The number of nitrogens with zero attached hydrogens (tertiary/aromatic N) is 3.